The van der Waals surface area contributed by atoms with Gasteiger partial charge < -0.3 is 19.9 Å². The second-order valence-corrected chi connectivity index (χ2v) is 6.26. The molecule has 6 heteroatoms. The Morgan fingerprint density at radius 1 is 0.759 bits per heavy atom. The summed E-state index contributed by atoms with van der Waals surface area (Å²) in [6.45, 7) is 0.228. The van der Waals surface area contributed by atoms with E-state index < -0.39 is 11.9 Å². The Balaban J connectivity index is 1.72. The number of nitrogen functional groups attached to an aromatic ring is 1. The molecule has 0 bridgehead atoms. The summed E-state index contributed by atoms with van der Waals surface area (Å²) in [5.74, 6) is -1.01. The summed E-state index contributed by atoms with van der Waals surface area (Å²) in [4.78, 5) is 24.9. The van der Waals surface area contributed by atoms with E-state index >= 15 is 0 Å². The van der Waals surface area contributed by atoms with Gasteiger partial charge >= 0.3 is 11.9 Å². The average Bonchev–Trinajstić information content (AvgIpc) is 2.77. The SMILES string of the molecule is COc1cc(C(=O)OCc2ccccc2)c(N)cc1C(=O)OCc1ccccc1. The van der Waals surface area contributed by atoms with Crippen LogP contribution in [-0.4, -0.2) is 19.0 Å². The van der Waals surface area contributed by atoms with Gasteiger partial charge in [0.2, 0.25) is 0 Å². The van der Waals surface area contributed by atoms with E-state index in [9.17, 15) is 9.59 Å². The molecule has 0 spiro atoms. The van der Waals surface area contributed by atoms with Crippen LogP contribution in [0.3, 0.4) is 0 Å². The van der Waals surface area contributed by atoms with E-state index in [0.717, 1.165) is 11.1 Å². The van der Waals surface area contributed by atoms with Crippen molar-refractivity contribution in [1.82, 2.24) is 0 Å². The van der Waals surface area contributed by atoms with Crippen molar-refractivity contribution in [2.75, 3.05) is 12.8 Å². The lowest BCUT2D eigenvalue weighted by molar-refractivity contribution is 0.0456. The molecule has 0 saturated carbocycles. The van der Waals surface area contributed by atoms with Gasteiger partial charge in [0.05, 0.1) is 12.7 Å². The number of nitrogens with two attached hydrogens (primary N) is 1. The molecule has 0 atom stereocenters. The Bertz CT molecular complexity index is 987. The monoisotopic (exact) mass is 391 g/mol. The van der Waals surface area contributed by atoms with Crippen LogP contribution in [0.5, 0.6) is 5.75 Å². The first-order valence-corrected chi connectivity index (χ1v) is 8.98. The Morgan fingerprint density at radius 2 is 1.24 bits per heavy atom. The van der Waals surface area contributed by atoms with Crippen LogP contribution in [0.15, 0.2) is 72.8 Å². The van der Waals surface area contributed by atoms with Crippen molar-refractivity contribution < 1.29 is 23.8 Å². The fraction of sp³-hybridized carbons (Fsp3) is 0.130. The molecule has 0 heterocycles. The summed E-state index contributed by atoms with van der Waals surface area (Å²) in [6, 6.07) is 21.4. The van der Waals surface area contributed by atoms with Crippen LogP contribution in [0.1, 0.15) is 31.8 Å². The first-order valence-electron chi connectivity index (χ1n) is 8.98. The molecule has 0 aliphatic heterocycles. The van der Waals surface area contributed by atoms with E-state index in [1.807, 2.05) is 60.7 Å². The largest absolute Gasteiger partial charge is 0.496 e. The first-order chi connectivity index (χ1) is 14.1. The molecular weight excluding hydrogens is 370 g/mol. The van der Waals surface area contributed by atoms with Crippen molar-refractivity contribution >= 4 is 17.6 Å². The molecule has 0 aliphatic rings. The predicted octanol–water partition coefficient (Wildman–Crippen LogP) is 3.99. The second kappa shape index (κ2) is 9.41. The van der Waals surface area contributed by atoms with Crippen LogP contribution in [0.4, 0.5) is 5.69 Å². The molecular formula is C23H21NO5. The van der Waals surface area contributed by atoms with Crippen molar-refractivity contribution in [3.05, 3.63) is 95.1 Å². The van der Waals surface area contributed by atoms with E-state index in [1.165, 1.54) is 19.2 Å². The maximum absolute atomic E-state index is 12.5. The van der Waals surface area contributed by atoms with Crippen LogP contribution in [0, 0.1) is 0 Å². The van der Waals surface area contributed by atoms with Gasteiger partial charge in [-0.1, -0.05) is 60.7 Å². The van der Waals surface area contributed by atoms with Crippen molar-refractivity contribution in [3.63, 3.8) is 0 Å². The number of carbonyl (C=O) groups excluding carboxylic acids is 2. The third kappa shape index (κ3) is 5.13. The van der Waals surface area contributed by atoms with E-state index in [0.29, 0.717) is 0 Å². The normalized spacial score (nSPS) is 10.2. The van der Waals surface area contributed by atoms with Crippen LogP contribution >= 0.6 is 0 Å². The summed E-state index contributed by atoms with van der Waals surface area (Å²) < 4.78 is 15.9. The average molecular weight is 391 g/mol. The molecule has 0 aromatic heterocycles. The van der Waals surface area contributed by atoms with Crippen molar-refractivity contribution in [2.45, 2.75) is 13.2 Å². The zero-order chi connectivity index (χ0) is 20.6. The number of ether oxygens (including phenoxy) is 3. The number of benzene rings is 3. The zero-order valence-electron chi connectivity index (χ0n) is 16.0. The number of methoxy groups -OCH3 is 1. The second-order valence-electron chi connectivity index (χ2n) is 6.26. The molecule has 3 aromatic carbocycles. The van der Waals surface area contributed by atoms with Gasteiger partial charge in [0, 0.05) is 5.69 Å². The van der Waals surface area contributed by atoms with E-state index in [2.05, 4.69) is 0 Å². The number of hydrogen-bond acceptors (Lipinski definition) is 6. The van der Waals surface area contributed by atoms with Crippen LogP contribution in [-0.2, 0) is 22.7 Å². The fourth-order valence-corrected chi connectivity index (χ4v) is 2.70. The number of rotatable bonds is 7. The third-order valence-electron chi connectivity index (χ3n) is 4.24. The molecule has 0 unspecified atom stereocenters. The molecule has 0 saturated heterocycles. The summed E-state index contributed by atoms with van der Waals surface area (Å²) in [5, 5.41) is 0. The highest BCUT2D eigenvalue weighted by Crippen LogP contribution is 2.27. The zero-order valence-corrected chi connectivity index (χ0v) is 16.0. The maximum Gasteiger partial charge on any atom is 0.342 e. The van der Waals surface area contributed by atoms with Gasteiger partial charge in [-0.05, 0) is 23.3 Å². The van der Waals surface area contributed by atoms with Crippen LogP contribution in [0.2, 0.25) is 0 Å². The molecule has 29 heavy (non-hydrogen) atoms. The molecule has 0 fully saturated rings. The van der Waals surface area contributed by atoms with Gasteiger partial charge in [0.25, 0.3) is 0 Å². The Kier molecular flexibility index (Phi) is 6.47. The number of hydrogen-bond donors (Lipinski definition) is 1. The van der Waals surface area contributed by atoms with Crippen LogP contribution in [0.25, 0.3) is 0 Å². The van der Waals surface area contributed by atoms with Gasteiger partial charge in [-0.2, -0.15) is 0 Å². The van der Waals surface area contributed by atoms with Crippen molar-refractivity contribution in [2.24, 2.45) is 0 Å². The lowest BCUT2D eigenvalue weighted by Crippen LogP contribution is -2.12. The standard InChI is InChI=1S/C23H21NO5/c1-27-21-13-18(22(25)28-14-16-8-4-2-5-9-16)20(24)12-19(21)23(26)29-15-17-10-6-3-7-11-17/h2-13H,14-15,24H2,1H3. The lowest BCUT2D eigenvalue weighted by atomic mass is 10.1. The highest BCUT2D eigenvalue weighted by molar-refractivity contribution is 6.00. The van der Waals surface area contributed by atoms with Gasteiger partial charge in [-0.25, -0.2) is 9.59 Å². The Hall–Kier alpha value is -3.80. The number of anilines is 1. The summed E-state index contributed by atoms with van der Waals surface area (Å²) in [7, 11) is 1.40. The molecule has 2 N–H and O–H groups in total. The van der Waals surface area contributed by atoms with Gasteiger partial charge in [-0.3, -0.25) is 0 Å². The van der Waals surface area contributed by atoms with E-state index in [4.69, 9.17) is 19.9 Å². The molecule has 3 rings (SSSR count). The van der Waals surface area contributed by atoms with E-state index in [-0.39, 0.29) is 35.8 Å². The molecule has 0 aliphatic carbocycles. The highest BCUT2D eigenvalue weighted by atomic mass is 16.5. The van der Waals surface area contributed by atoms with Crippen molar-refractivity contribution in [3.8, 4) is 5.75 Å². The minimum absolute atomic E-state index is 0.107. The van der Waals surface area contributed by atoms with Crippen LogP contribution < -0.4 is 10.5 Å². The third-order valence-corrected chi connectivity index (χ3v) is 4.24. The fourth-order valence-electron chi connectivity index (χ4n) is 2.70. The van der Waals surface area contributed by atoms with Gasteiger partial charge in [0.1, 0.15) is 24.5 Å². The minimum atomic E-state index is -0.603. The molecule has 3 aromatic rings. The molecule has 6 nitrogen and oxygen atoms in total. The lowest BCUT2D eigenvalue weighted by Gasteiger charge is -2.13. The van der Waals surface area contributed by atoms with Gasteiger partial charge in [0.15, 0.2) is 0 Å². The van der Waals surface area contributed by atoms with Crippen molar-refractivity contribution in [1.29, 1.82) is 0 Å². The quantitative estimate of drug-likeness (QED) is 0.484. The summed E-state index contributed by atoms with van der Waals surface area (Å²) in [6.07, 6.45) is 0. The Labute approximate surface area is 168 Å². The maximum atomic E-state index is 12.5. The number of carbonyl (C=O) groups is 2. The van der Waals surface area contributed by atoms with E-state index in [1.54, 1.807) is 0 Å². The summed E-state index contributed by atoms with van der Waals surface area (Å²) in [5.41, 5.74) is 8.07. The smallest absolute Gasteiger partial charge is 0.342 e. The molecule has 148 valence electrons. The number of esters is 2. The topological polar surface area (TPSA) is 87.9 Å². The first kappa shape index (κ1) is 19.9. The predicted molar refractivity (Wildman–Crippen MR) is 109 cm³/mol. The molecule has 0 radical (unpaired) electrons. The Morgan fingerprint density at radius 3 is 1.72 bits per heavy atom. The highest BCUT2D eigenvalue weighted by Gasteiger charge is 2.21. The molecule has 0 amide bonds. The summed E-state index contributed by atoms with van der Waals surface area (Å²) >= 11 is 0. The minimum Gasteiger partial charge on any atom is -0.496 e. The van der Waals surface area contributed by atoms with Gasteiger partial charge in [-0.15, -0.1) is 0 Å².